The summed E-state index contributed by atoms with van der Waals surface area (Å²) in [6.45, 7) is 2.28. The summed E-state index contributed by atoms with van der Waals surface area (Å²) in [7, 11) is 3.45. The lowest BCUT2D eigenvalue weighted by molar-refractivity contribution is 0.0696. The van der Waals surface area contributed by atoms with Crippen LogP contribution in [0.3, 0.4) is 0 Å². The molecule has 2 aromatic heterocycles. The predicted octanol–water partition coefficient (Wildman–Crippen LogP) is 2.71. The molecule has 8 heteroatoms. The maximum atomic E-state index is 11.5. The van der Waals surface area contributed by atoms with Gasteiger partial charge in [0.25, 0.3) is 0 Å². The number of rotatable bonds is 5. The number of β-amino-alcohol motifs (C(OH)–C–C–N with tert-alkyl or cyclic N) is 1. The number of aliphatic hydroxyl groups is 1. The van der Waals surface area contributed by atoms with E-state index in [9.17, 15) is 15.0 Å². The lowest BCUT2D eigenvalue weighted by atomic mass is 10.2. The highest BCUT2D eigenvalue weighted by molar-refractivity contribution is 5.99. The molecule has 0 aliphatic carbocycles. The Balaban J connectivity index is 1.76. The van der Waals surface area contributed by atoms with E-state index in [1.165, 1.54) is 13.2 Å². The summed E-state index contributed by atoms with van der Waals surface area (Å²) in [5.74, 6) is 0.221. The molecular formula is C22H22N4O4. The fraction of sp³-hybridized carbons (Fsp3) is 0.273. The molecule has 1 aliphatic rings. The lowest BCUT2D eigenvalue weighted by Crippen LogP contribution is -2.33. The minimum Gasteiger partial charge on any atom is -0.494 e. The Bertz CT molecular complexity index is 1300. The number of ether oxygens (including phenoxy) is 1. The third-order valence-electron chi connectivity index (χ3n) is 5.83. The zero-order valence-corrected chi connectivity index (χ0v) is 16.8. The highest BCUT2D eigenvalue weighted by atomic mass is 16.5. The van der Waals surface area contributed by atoms with Gasteiger partial charge in [-0.25, -0.2) is 9.78 Å². The second-order valence-electron chi connectivity index (χ2n) is 7.45. The van der Waals surface area contributed by atoms with Crippen molar-refractivity contribution in [3.8, 4) is 17.3 Å². The van der Waals surface area contributed by atoms with Gasteiger partial charge in [0.2, 0.25) is 0 Å². The molecule has 0 saturated heterocycles. The first-order chi connectivity index (χ1) is 14.5. The Morgan fingerprint density at radius 3 is 2.77 bits per heavy atom. The molecule has 4 aromatic rings. The summed E-state index contributed by atoms with van der Waals surface area (Å²) < 4.78 is 9.68. The van der Waals surface area contributed by atoms with Gasteiger partial charge in [0, 0.05) is 32.1 Å². The van der Waals surface area contributed by atoms with Crippen molar-refractivity contribution in [2.45, 2.75) is 6.54 Å². The van der Waals surface area contributed by atoms with Gasteiger partial charge in [-0.2, -0.15) is 0 Å². The Morgan fingerprint density at radius 2 is 2.03 bits per heavy atom. The third-order valence-corrected chi connectivity index (χ3v) is 5.83. The van der Waals surface area contributed by atoms with Crippen LogP contribution in [0, 0.1) is 0 Å². The van der Waals surface area contributed by atoms with Crippen molar-refractivity contribution < 1.29 is 19.7 Å². The van der Waals surface area contributed by atoms with Gasteiger partial charge in [0.1, 0.15) is 11.3 Å². The summed E-state index contributed by atoms with van der Waals surface area (Å²) in [6.07, 6.45) is 0. The number of nitrogens with zero attached hydrogens (tertiary/aromatic N) is 4. The number of methoxy groups -OCH3 is 1. The molecule has 0 saturated carbocycles. The zero-order valence-electron chi connectivity index (χ0n) is 16.8. The monoisotopic (exact) mass is 406 g/mol. The zero-order chi connectivity index (χ0) is 21.0. The average Bonchev–Trinajstić information content (AvgIpc) is 3.28. The first kappa shape index (κ1) is 18.5. The van der Waals surface area contributed by atoms with Gasteiger partial charge in [-0.05, 0) is 24.3 Å². The number of anilines is 1. The number of imidazole rings is 1. The molecule has 2 N–H and O–H groups in total. The van der Waals surface area contributed by atoms with E-state index in [0.717, 1.165) is 46.7 Å². The highest BCUT2D eigenvalue weighted by Crippen LogP contribution is 2.38. The van der Waals surface area contributed by atoms with Gasteiger partial charge in [-0.1, -0.05) is 12.1 Å². The number of aromatic nitrogens is 3. The summed E-state index contributed by atoms with van der Waals surface area (Å²) in [5, 5.41) is 19.9. The SMILES string of the molecule is COc1cc(C(=O)O)cc2nc(-c3cc4cccc5c4n3CCN5CCO)n(C)c12. The van der Waals surface area contributed by atoms with Gasteiger partial charge in [-0.3, -0.25) is 0 Å². The number of aromatic carboxylic acids is 1. The molecule has 8 nitrogen and oxygen atoms in total. The molecule has 0 bridgehead atoms. The summed E-state index contributed by atoms with van der Waals surface area (Å²) in [6, 6.07) is 11.4. The van der Waals surface area contributed by atoms with Crippen molar-refractivity contribution in [3.05, 3.63) is 42.0 Å². The van der Waals surface area contributed by atoms with Gasteiger partial charge < -0.3 is 29.0 Å². The first-order valence-electron chi connectivity index (χ1n) is 9.79. The molecule has 1 aliphatic heterocycles. The topological polar surface area (TPSA) is 92.8 Å². The molecule has 2 aromatic carbocycles. The number of aliphatic hydroxyl groups excluding tert-OH is 1. The predicted molar refractivity (Wildman–Crippen MR) is 114 cm³/mol. The van der Waals surface area contributed by atoms with Crippen molar-refractivity contribution >= 4 is 33.6 Å². The van der Waals surface area contributed by atoms with Crippen LogP contribution in [0.2, 0.25) is 0 Å². The highest BCUT2D eigenvalue weighted by Gasteiger charge is 2.25. The fourth-order valence-corrected chi connectivity index (χ4v) is 4.49. The van der Waals surface area contributed by atoms with Crippen LogP contribution in [0.5, 0.6) is 5.75 Å². The molecule has 5 rings (SSSR count). The minimum absolute atomic E-state index is 0.112. The van der Waals surface area contributed by atoms with E-state index in [-0.39, 0.29) is 12.2 Å². The van der Waals surface area contributed by atoms with Crippen LogP contribution in [0.25, 0.3) is 33.5 Å². The fourth-order valence-electron chi connectivity index (χ4n) is 4.49. The first-order valence-corrected chi connectivity index (χ1v) is 9.79. The van der Waals surface area contributed by atoms with Crippen molar-refractivity contribution in [2.24, 2.45) is 7.05 Å². The van der Waals surface area contributed by atoms with Crippen LogP contribution < -0.4 is 9.64 Å². The van der Waals surface area contributed by atoms with Gasteiger partial charge in [-0.15, -0.1) is 0 Å². The number of aryl methyl sites for hydroxylation is 1. The molecule has 0 spiro atoms. The van der Waals surface area contributed by atoms with E-state index >= 15 is 0 Å². The average molecular weight is 406 g/mol. The summed E-state index contributed by atoms with van der Waals surface area (Å²) in [5.41, 5.74) is 4.68. The second kappa shape index (κ2) is 6.77. The van der Waals surface area contributed by atoms with E-state index in [1.54, 1.807) is 6.07 Å². The molecular weight excluding hydrogens is 384 g/mol. The van der Waals surface area contributed by atoms with Gasteiger partial charge in [0.05, 0.1) is 41.7 Å². The number of para-hydroxylation sites is 1. The molecule has 30 heavy (non-hydrogen) atoms. The maximum absolute atomic E-state index is 11.5. The van der Waals surface area contributed by atoms with Crippen molar-refractivity contribution in [2.75, 3.05) is 31.7 Å². The molecule has 0 atom stereocenters. The number of fused-ring (bicyclic) bond motifs is 1. The number of carboxylic acids is 1. The van der Waals surface area contributed by atoms with E-state index < -0.39 is 5.97 Å². The summed E-state index contributed by atoms with van der Waals surface area (Å²) in [4.78, 5) is 18.5. The maximum Gasteiger partial charge on any atom is 0.335 e. The van der Waals surface area contributed by atoms with Crippen LogP contribution >= 0.6 is 0 Å². The standard InChI is InChI=1S/C22H22N4O4/c1-24-20-15(10-14(22(28)29)12-18(20)30-2)23-21(24)17-11-13-4-3-5-16-19(13)26(17)7-6-25(16)8-9-27/h3-5,10-12,27H,6-9H2,1-2H3,(H,28,29). The molecule has 3 heterocycles. The molecule has 154 valence electrons. The van der Waals surface area contributed by atoms with Crippen LogP contribution in [0.4, 0.5) is 5.69 Å². The smallest absolute Gasteiger partial charge is 0.335 e. The molecule has 0 amide bonds. The van der Waals surface area contributed by atoms with E-state index in [0.29, 0.717) is 17.8 Å². The molecule has 0 radical (unpaired) electrons. The van der Waals surface area contributed by atoms with E-state index in [2.05, 4.69) is 27.7 Å². The normalized spacial score (nSPS) is 13.4. The van der Waals surface area contributed by atoms with Crippen LogP contribution in [0.15, 0.2) is 36.4 Å². The molecule has 0 fully saturated rings. The number of hydrogen-bond acceptors (Lipinski definition) is 5. The summed E-state index contributed by atoms with van der Waals surface area (Å²) >= 11 is 0. The Kier molecular flexibility index (Phi) is 4.18. The Morgan fingerprint density at radius 1 is 1.20 bits per heavy atom. The van der Waals surface area contributed by atoms with E-state index in [4.69, 9.17) is 9.72 Å². The van der Waals surface area contributed by atoms with Crippen molar-refractivity contribution in [3.63, 3.8) is 0 Å². The Hall–Kier alpha value is -3.52. The lowest BCUT2D eigenvalue weighted by Gasteiger charge is -2.30. The quantitative estimate of drug-likeness (QED) is 0.529. The second-order valence-corrected chi connectivity index (χ2v) is 7.45. The number of benzene rings is 2. The number of hydrogen-bond donors (Lipinski definition) is 2. The van der Waals surface area contributed by atoms with Crippen LogP contribution in [-0.4, -0.2) is 57.1 Å². The number of carboxylic acid groups (broad SMARTS) is 1. The van der Waals surface area contributed by atoms with Crippen molar-refractivity contribution in [1.29, 1.82) is 0 Å². The van der Waals surface area contributed by atoms with E-state index in [1.807, 2.05) is 17.7 Å². The Labute approximate surface area is 172 Å². The van der Waals surface area contributed by atoms with Crippen LogP contribution in [-0.2, 0) is 13.6 Å². The largest absolute Gasteiger partial charge is 0.494 e. The third kappa shape index (κ3) is 2.57. The minimum atomic E-state index is -1.01. The number of carbonyl (C=O) groups is 1. The van der Waals surface area contributed by atoms with Crippen molar-refractivity contribution in [1.82, 2.24) is 14.1 Å². The van der Waals surface area contributed by atoms with Gasteiger partial charge in [0.15, 0.2) is 5.82 Å². The van der Waals surface area contributed by atoms with Crippen LogP contribution in [0.1, 0.15) is 10.4 Å². The molecule has 0 unspecified atom stereocenters. The van der Waals surface area contributed by atoms with Gasteiger partial charge >= 0.3 is 5.97 Å².